The zero-order chi connectivity index (χ0) is 15.7. The second-order valence-corrected chi connectivity index (χ2v) is 5.08. The summed E-state index contributed by atoms with van der Waals surface area (Å²) in [6.07, 6.45) is 13.4. The Morgan fingerprint density at radius 1 is 1.57 bits per heavy atom. The molecule has 0 fully saturated rings. The van der Waals surface area contributed by atoms with Crippen molar-refractivity contribution in [2.45, 2.75) is 63.9 Å². The number of allylic oxidation sites excluding steroid dienone is 1. The van der Waals surface area contributed by atoms with Crippen molar-refractivity contribution in [1.82, 2.24) is 0 Å². The number of aliphatic hydroxyl groups excluding tert-OH is 1. The fourth-order valence-corrected chi connectivity index (χ4v) is 2.36. The lowest BCUT2D eigenvalue weighted by atomic mass is 10.0. The number of ether oxygens (including phenoxy) is 2. The van der Waals surface area contributed by atoms with Gasteiger partial charge in [0, 0.05) is 13.3 Å². The lowest BCUT2D eigenvalue weighted by Gasteiger charge is -2.32. The van der Waals surface area contributed by atoms with E-state index < -0.39 is 12.2 Å². The smallest absolute Gasteiger partial charge is 0.303 e. The summed E-state index contributed by atoms with van der Waals surface area (Å²) in [5.41, 5.74) is 0. The molecule has 0 bridgehead atoms. The van der Waals surface area contributed by atoms with Gasteiger partial charge in [-0.25, -0.2) is 0 Å². The van der Waals surface area contributed by atoms with E-state index in [1.165, 1.54) is 6.92 Å². The van der Waals surface area contributed by atoms with E-state index >= 15 is 0 Å². The molecule has 0 radical (unpaired) electrons. The first-order chi connectivity index (χ1) is 10.1. The van der Waals surface area contributed by atoms with Crippen LogP contribution in [0.3, 0.4) is 0 Å². The predicted octanol–water partition coefficient (Wildman–Crippen LogP) is 2.37. The minimum atomic E-state index is -0.534. The molecule has 116 valence electrons. The van der Waals surface area contributed by atoms with Gasteiger partial charge in [0.1, 0.15) is 6.10 Å². The van der Waals surface area contributed by atoms with Crippen LogP contribution in [0.1, 0.15) is 39.5 Å². The summed E-state index contributed by atoms with van der Waals surface area (Å²) in [6, 6.07) is 0. The van der Waals surface area contributed by atoms with Gasteiger partial charge < -0.3 is 14.6 Å². The Bertz CT molecular complexity index is 419. The highest BCUT2D eigenvalue weighted by Crippen LogP contribution is 2.22. The minimum absolute atomic E-state index is 0.255. The fourth-order valence-electron chi connectivity index (χ4n) is 2.36. The van der Waals surface area contributed by atoms with Crippen LogP contribution in [-0.4, -0.2) is 35.5 Å². The molecule has 0 aromatic rings. The SMILES string of the molecule is C#C/C=C/C[C@@H](OC(C)=O)[C@H]1C/C=C\C[C@@H](O)[C@@H](CC)O1. The molecule has 21 heavy (non-hydrogen) atoms. The Hall–Kier alpha value is -1.57. The Morgan fingerprint density at radius 3 is 2.90 bits per heavy atom. The van der Waals surface area contributed by atoms with Crippen molar-refractivity contribution < 1.29 is 19.4 Å². The third kappa shape index (κ3) is 6.16. The topological polar surface area (TPSA) is 55.8 Å². The van der Waals surface area contributed by atoms with Crippen molar-refractivity contribution >= 4 is 5.97 Å². The maximum Gasteiger partial charge on any atom is 0.303 e. The summed E-state index contributed by atoms with van der Waals surface area (Å²) in [6.45, 7) is 3.35. The molecule has 1 rings (SSSR count). The zero-order valence-corrected chi connectivity index (χ0v) is 12.7. The summed E-state index contributed by atoms with van der Waals surface area (Å²) in [7, 11) is 0. The van der Waals surface area contributed by atoms with Crippen molar-refractivity contribution in [3.05, 3.63) is 24.3 Å². The molecule has 4 nitrogen and oxygen atoms in total. The Kier molecular flexibility index (Phi) is 7.81. The largest absolute Gasteiger partial charge is 0.459 e. The molecule has 0 saturated heterocycles. The van der Waals surface area contributed by atoms with Gasteiger partial charge in [-0.3, -0.25) is 4.79 Å². The van der Waals surface area contributed by atoms with Gasteiger partial charge in [0.2, 0.25) is 0 Å². The van der Waals surface area contributed by atoms with Gasteiger partial charge in [0.15, 0.2) is 0 Å². The summed E-state index contributed by atoms with van der Waals surface area (Å²) >= 11 is 0. The lowest BCUT2D eigenvalue weighted by molar-refractivity contribution is -0.163. The minimum Gasteiger partial charge on any atom is -0.459 e. The number of carbonyl (C=O) groups excluding carboxylic acids is 1. The summed E-state index contributed by atoms with van der Waals surface area (Å²) < 4.78 is 11.3. The normalized spacial score (nSPS) is 29.1. The van der Waals surface area contributed by atoms with Gasteiger partial charge in [-0.1, -0.05) is 31.1 Å². The van der Waals surface area contributed by atoms with Crippen LogP contribution in [-0.2, 0) is 14.3 Å². The second-order valence-electron chi connectivity index (χ2n) is 5.08. The van der Waals surface area contributed by atoms with Gasteiger partial charge in [0.25, 0.3) is 0 Å². The first kappa shape index (κ1) is 17.5. The van der Waals surface area contributed by atoms with Crippen molar-refractivity contribution in [3.8, 4) is 12.3 Å². The number of aliphatic hydroxyl groups is 1. The number of esters is 1. The lowest BCUT2D eigenvalue weighted by Crippen LogP contribution is -2.40. The van der Waals surface area contributed by atoms with Crippen LogP contribution in [0.4, 0.5) is 0 Å². The van der Waals surface area contributed by atoms with E-state index in [0.29, 0.717) is 25.7 Å². The Morgan fingerprint density at radius 2 is 2.29 bits per heavy atom. The Labute approximate surface area is 126 Å². The van der Waals surface area contributed by atoms with Crippen LogP contribution < -0.4 is 0 Å². The average molecular weight is 292 g/mol. The van der Waals surface area contributed by atoms with Crippen molar-refractivity contribution in [1.29, 1.82) is 0 Å². The summed E-state index contributed by atoms with van der Waals surface area (Å²) in [5, 5.41) is 10.0. The van der Waals surface area contributed by atoms with E-state index in [1.807, 2.05) is 19.1 Å². The number of rotatable bonds is 5. The number of hydrogen-bond donors (Lipinski definition) is 1. The second kappa shape index (κ2) is 9.38. The van der Waals surface area contributed by atoms with Crippen molar-refractivity contribution in [2.75, 3.05) is 0 Å². The van der Waals surface area contributed by atoms with Gasteiger partial charge in [-0.2, -0.15) is 0 Å². The van der Waals surface area contributed by atoms with E-state index in [0.717, 1.165) is 0 Å². The highest BCUT2D eigenvalue weighted by atomic mass is 16.6. The third-order valence-corrected chi connectivity index (χ3v) is 3.41. The molecule has 0 aromatic heterocycles. The van der Waals surface area contributed by atoms with E-state index in [9.17, 15) is 9.90 Å². The quantitative estimate of drug-likeness (QED) is 0.480. The highest BCUT2D eigenvalue weighted by Gasteiger charge is 2.29. The zero-order valence-electron chi connectivity index (χ0n) is 12.7. The van der Waals surface area contributed by atoms with Crippen LogP contribution >= 0.6 is 0 Å². The highest BCUT2D eigenvalue weighted by molar-refractivity contribution is 5.66. The van der Waals surface area contributed by atoms with E-state index in [2.05, 4.69) is 5.92 Å². The molecule has 0 aromatic carbocycles. The first-order valence-electron chi connectivity index (χ1n) is 7.35. The molecule has 1 N–H and O–H groups in total. The molecule has 1 heterocycles. The van der Waals surface area contributed by atoms with Gasteiger partial charge >= 0.3 is 5.97 Å². The van der Waals surface area contributed by atoms with Crippen molar-refractivity contribution in [2.24, 2.45) is 0 Å². The van der Waals surface area contributed by atoms with Crippen LogP contribution in [0.15, 0.2) is 24.3 Å². The maximum atomic E-state index is 11.3. The molecule has 0 amide bonds. The first-order valence-corrected chi connectivity index (χ1v) is 7.35. The van der Waals surface area contributed by atoms with Crippen LogP contribution in [0.5, 0.6) is 0 Å². The van der Waals surface area contributed by atoms with Gasteiger partial charge in [-0.05, 0) is 25.3 Å². The molecular formula is C17H24O4. The molecule has 0 aliphatic carbocycles. The fraction of sp³-hybridized carbons (Fsp3) is 0.588. The van der Waals surface area contributed by atoms with Crippen LogP contribution in [0.25, 0.3) is 0 Å². The summed E-state index contributed by atoms with van der Waals surface area (Å²) in [4.78, 5) is 11.3. The molecule has 4 heteroatoms. The van der Waals surface area contributed by atoms with E-state index in [-0.39, 0.29) is 18.2 Å². The standard InChI is InChI=1S/C17H24O4/c1-4-6-7-11-16(20-13(3)18)17-12-9-8-10-14(19)15(5-2)21-17/h1,6-9,14-17,19H,5,10-12H2,2-3H3/b7-6+,9-8-/t14-,15-,16-,17-/m1/s1. The van der Waals surface area contributed by atoms with Crippen molar-refractivity contribution in [3.63, 3.8) is 0 Å². The van der Waals surface area contributed by atoms with Gasteiger partial charge in [-0.15, -0.1) is 6.42 Å². The number of hydrogen-bond acceptors (Lipinski definition) is 4. The van der Waals surface area contributed by atoms with E-state index in [1.54, 1.807) is 12.2 Å². The van der Waals surface area contributed by atoms with Gasteiger partial charge in [0.05, 0.1) is 18.3 Å². The number of terminal acetylenes is 1. The monoisotopic (exact) mass is 292 g/mol. The molecule has 1 aliphatic heterocycles. The molecule has 0 spiro atoms. The van der Waals surface area contributed by atoms with Crippen LogP contribution in [0.2, 0.25) is 0 Å². The molecule has 0 unspecified atom stereocenters. The summed E-state index contributed by atoms with van der Waals surface area (Å²) in [5.74, 6) is 2.06. The maximum absolute atomic E-state index is 11.3. The molecule has 1 aliphatic rings. The predicted molar refractivity (Wildman–Crippen MR) is 81.5 cm³/mol. The molecular weight excluding hydrogens is 268 g/mol. The van der Waals surface area contributed by atoms with Crippen LogP contribution in [0, 0.1) is 12.3 Å². The molecule has 0 saturated carbocycles. The molecule has 4 atom stereocenters. The Balaban J connectivity index is 2.83. The number of carbonyl (C=O) groups is 1. The van der Waals surface area contributed by atoms with E-state index in [4.69, 9.17) is 15.9 Å². The third-order valence-electron chi connectivity index (χ3n) is 3.41. The average Bonchev–Trinajstić information content (AvgIpc) is 2.43.